The van der Waals surface area contributed by atoms with Gasteiger partial charge in [0.15, 0.2) is 5.11 Å². The van der Waals surface area contributed by atoms with Gasteiger partial charge in [-0.15, -0.1) is 0 Å². The number of carbonyl (C=O) groups excluding carboxylic acids is 1. The molecule has 0 saturated heterocycles. The minimum atomic E-state index is -0.0521. The van der Waals surface area contributed by atoms with E-state index < -0.39 is 0 Å². The lowest BCUT2D eigenvalue weighted by Gasteiger charge is -2.15. The van der Waals surface area contributed by atoms with Crippen LogP contribution in [0, 0.1) is 6.92 Å². The van der Waals surface area contributed by atoms with E-state index in [1.807, 2.05) is 49.5 Å². The number of amides is 1. The molecule has 1 aliphatic heterocycles. The fraction of sp³-hybridized carbons (Fsp3) is 0.0769. The molecule has 0 saturated carbocycles. The Kier molecular flexibility index (Phi) is 2.12. The number of rotatable bonds is 1. The van der Waals surface area contributed by atoms with Crippen LogP contribution in [-0.4, -0.2) is 15.6 Å². The first kappa shape index (κ1) is 10.2. The number of anilines is 1. The highest BCUT2D eigenvalue weighted by molar-refractivity contribution is 7.80. The van der Waals surface area contributed by atoms with E-state index in [-0.39, 0.29) is 5.91 Å². The summed E-state index contributed by atoms with van der Waals surface area (Å²) in [6.07, 6.45) is 1.84. The second kappa shape index (κ2) is 3.53. The van der Waals surface area contributed by atoms with Gasteiger partial charge in [0, 0.05) is 6.20 Å². The van der Waals surface area contributed by atoms with Crippen molar-refractivity contribution in [2.45, 2.75) is 6.92 Å². The molecule has 4 heteroatoms. The molecule has 2 heterocycles. The maximum Gasteiger partial charge on any atom is 0.281 e. The number of hydrogen-bond donors (Lipinski definition) is 0. The molecule has 0 N–H and O–H groups in total. The summed E-state index contributed by atoms with van der Waals surface area (Å²) < 4.78 is 1.76. The third-order valence-corrected chi connectivity index (χ3v) is 3.28. The Hall–Kier alpha value is -1.94. The Morgan fingerprint density at radius 1 is 1.12 bits per heavy atom. The fourth-order valence-corrected chi connectivity index (χ4v) is 2.41. The van der Waals surface area contributed by atoms with Crippen molar-refractivity contribution in [1.29, 1.82) is 0 Å². The van der Waals surface area contributed by atoms with Gasteiger partial charge in [-0.25, -0.2) is 0 Å². The highest BCUT2D eigenvalue weighted by Crippen LogP contribution is 2.26. The van der Waals surface area contributed by atoms with Crippen molar-refractivity contribution in [2.24, 2.45) is 0 Å². The molecule has 0 aliphatic carbocycles. The average molecular weight is 242 g/mol. The summed E-state index contributed by atoms with van der Waals surface area (Å²) in [7, 11) is 0. The number of nitrogens with zero attached hydrogens (tertiary/aromatic N) is 2. The van der Waals surface area contributed by atoms with Crippen LogP contribution in [0.4, 0.5) is 5.69 Å². The summed E-state index contributed by atoms with van der Waals surface area (Å²) in [5.74, 6) is -0.0521. The number of hydrogen-bond acceptors (Lipinski definition) is 2. The number of benzene rings is 1. The first-order chi connectivity index (χ1) is 8.20. The lowest BCUT2D eigenvalue weighted by atomic mass is 10.2. The molecule has 1 aromatic carbocycles. The van der Waals surface area contributed by atoms with Gasteiger partial charge in [-0.2, -0.15) is 0 Å². The molecule has 0 unspecified atom stereocenters. The summed E-state index contributed by atoms with van der Waals surface area (Å²) in [6, 6.07) is 11.4. The van der Waals surface area contributed by atoms with Crippen LogP contribution < -0.4 is 4.90 Å². The van der Waals surface area contributed by atoms with Crippen LogP contribution >= 0.6 is 12.2 Å². The van der Waals surface area contributed by atoms with E-state index in [2.05, 4.69) is 0 Å². The predicted octanol–water partition coefficient (Wildman–Crippen LogP) is 2.59. The zero-order valence-electron chi connectivity index (χ0n) is 9.25. The van der Waals surface area contributed by atoms with Crippen molar-refractivity contribution in [2.75, 3.05) is 4.90 Å². The minimum absolute atomic E-state index is 0.0521. The molecule has 3 nitrogen and oxygen atoms in total. The van der Waals surface area contributed by atoms with Crippen LogP contribution in [-0.2, 0) is 0 Å². The van der Waals surface area contributed by atoms with Crippen LogP contribution in [0.1, 0.15) is 16.1 Å². The van der Waals surface area contributed by atoms with Crippen molar-refractivity contribution < 1.29 is 4.79 Å². The van der Waals surface area contributed by atoms with E-state index in [0.29, 0.717) is 10.8 Å². The molecule has 84 valence electrons. The molecule has 0 fully saturated rings. The van der Waals surface area contributed by atoms with E-state index in [0.717, 1.165) is 11.3 Å². The summed E-state index contributed by atoms with van der Waals surface area (Å²) in [5.41, 5.74) is 2.43. The number of para-hydroxylation sites is 1. The Morgan fingerprint density at radius 3 is 2.47 bits per heavy atom. The third-order valence-electron chi connectivity index (χ3n) is 2.91. The lowest BCUT2D eigenvalue weighted by molar-refractivity contribution is 0.100. The maximum absolute atomic E-state index is 12.3. The van der Waals surface area contributed by atoms with Crippen molar-refractivity contribution in [3.63, 3.8) is 0 Å². The number of fused-ring (bicyclic) bond motifs is 1. The second-order valence-electron chi connectivity index (χ2n) is 3.98. The molecule has 0 atom stereocenters. The Labute approximate surface area is 104 Å². The summed E-state index contributed by atoms with van der Waals surface area (Å²) in [6.45, 7) is 1.92. The van der Waals surface area contributed by atoms with E-state index in [4.69, 9.17) is 12.2 Å². The molecular formula is C13H10N2OS. The molecule has 1 aromatic heterocycles. The summed E-state index contributed by atoms with van der Waals surface area (Å²) in [5, 5.41) is 0.518. The van der Waals surface area contributed by atoms with Gasteiger partial charge >= 0.3 is 0 Å². The van der Waals surface area contributed by atoms with Gasteiger partial charge in [0.2, 0.25) is 0 Å². The summed E-state index contributed by atoms with van der Waals surface area (Å²) in [4.78, 5) is 13.9. The highest BCUT2D eigenvalue weighted by atomic mass is 32.1. The van der Waals surface area contributed by atoms with Crippen molar-refractivity contribution in [1.82, 2.24) is 4.57 Å². The quantitative estimate of drug-likeness (QED) is 0.718. The predicted molar refractivity (Wildman–Crippen MR) is 70.4 cm³/mol. The number of aryl methyl sites for hydroxylation is 1. The maximum atomic E-state index is 12.3. The number of aromatic nitrogens is 1. The normalized spacial score (nSPS) is 14.3. The molecular weight excluding hydrogens is 232 g/mol. The van der Waals surface area contributed by atoms with E-state index in [1.165, 1.54) is 0 Å². The second-order valence-corrected chi connectivity index (χ2v) is 4.34. The molecule has 0 bridgehead atoms. The molecule has 0 radical (unpaired) electrons. The highest BCUT2D eigenvalue weighted by Gasteiger charge is 2.34. The zero-order chi connectivity index (χ0) is 12.0. The van der Waals surface area contributed by atoms with E-state index >= 15 is 0 Å². The molecule has 2 aromatic rings. The van der Waals surface area contributed by atoms with Crippen molar-refractivity contribution in [3.8, 4) is 0 Å². The van der Waals surface area contributed by atoms with Gasteiger partial charge in [-0.3, -0.25) is 14.3 Å². The molecule has 0 spiro atoms. The number of carbonyl (C=O) groups is 1. The topological polar surface area (TPSA) is 25.2 Å². The largest absolute Gasteiger partial charge is 0.288 e. The van der Waals surface area contributed by atoms with Gasteiger partial charge in [0.1, 0.15) is 5.69 Å². The first-order valence-electron chi connectivity index (χ1n) is 5.32. The Morgan fingerprint density at radius 2 is 1.82 bits per heavy atom. The van der Waals surface area contributed by atoms with Crippen LogP contribution in [0.3, 0.4) is 0 Å². The standard InChI is InChI=1S/C13H10N2OS/c1-9-7-8-14-11(9)12(16)15(13(14)17)10-5-3-2-4-6-10/h2-8H,1H3. The first-order valence-corrected chi connectivity index (χ1v) is 5.73. The fourth-order valence-electron chi connectivity index (χ4n) is 2.07. The third kappa shape index (κ3) is 1.34. The van der Waals surface area contributed by atoms with Crippen LogP contribution in [0.25, 0.3) is 0 Å². The van der Waals surface area contributed by atoms with Gasteiger partial charge in [0.05, 0.1) is 5.69 Å². The van der Waals surface area contributed by atoms with Crippen LogP contribution in [0.15, 0.2) is 42.6 Å². The van der Waals surface area contributed by atoms with E-state index in [9.17, 15) is 4.79 Å². The lowest BCUT2D eigenvalue weighted by Crippen LogP contribution is -2.30. The smallest absolute Gasteiger partial charge is 0.281 e. The zero-order valence-corrected chi connectivity index (χ0v) is 10.1. The van der Waals surface area contributed by atoms with Gasteiger partial charge < -0.3 is 0 Å². The van der Waals surface area contributed by atoms with Gasteiger partial charge in [-0.05, 0) is 42.9 Å². The average Bonchev–Trinajstić information content (AvgIpc) is 2.82. The molecule has 1 aliphatic rings. The van der Waals surface area contributed by atoms with Crippen LogP contribution in [0.2, 0.25) is 0 Å². The summed E-state index contributed by atoms with van der Waals surface area (Å²) >= 11 is 5.34. The van der Waals surface area contributed by atoms with Crippen LogP contribution in [0.5, 0.6) is 0 Å². The van der Waals surface area contributed by atoms with E-state index in [1.54, 1.807) is 9.47 Å². The van der Waals surface area contributed by atoms with Crippen molar-refractivity contribution >= 4 is 28.9 Å². The Bertz CT molecular complexity index is 616. The minimum Gasteiger partial charge on any atom is -0.288 e. The molecule has 1 amide bonds. The van der Waals surface area contributed by atoms with Gasteiger partial charge in [-0.1, -0.05) is 18.2 Å². The monoisotopic (exact) mass is 242 g/mol. The molecule has 17 heavy (non-hydrogen) atoms. The molecule has 3 rings (SSSR count). The van der Waals surface area contributed by atoms with Gasteiger partial charge in [0.25, 0.3) is 5.91 Å². The SMILES string of the molecule is Cc1ccn2c1C(=O)N(c1ccccc1)C2=S. The van der Waals surface area contributed by atoms with Crippen molar-refractivity contribution in [3.05, 3.63) is 53.9 Å². The number of thiocarbonyl (C=S) groups is 1. The Balaban J connectivity index is 2.13.